The normalized spacial score (nSPS) is 12.6. The van der Waals surface area contributed by atoms with Gasteiger partial charge in [-0.05, 0) is 13.0 Å². The van der Waals surface area contributed by atoms with Gasteiger partial charge in [-0.1, -0.05) is 28.1 Å². The molecule has 0 aromatic heterocycles. The second-order valence-corrected chi connectivity index (χ2v) is 3.93. The second kappa shape index (κ2) is 5.34. The van der Waals surface area contributed by atoms with E-state index in [1.807, 2.05) is 0 Å². The van der Waals surface area contributed by atoms with Crippen LogP contribution < -0.4 is 4.74 Å². The number of hydrogen-bond donors (Lipinski definition) is 0. The zero-order valence-corrected chi connectivity index (χ0v) is 9.80. The number of rotatable bonds is 4. The van der Waals surface area contributed by atoms with Gasteiger partial charge < -0.3 is 4.74 Å². The molecule has 16 heavy (non-hydrogen) atoms. The fraction of sp³-hybridized carbons (Fsp3) is 0.300. The highest BCUT2D eigenvalue weighted by Crippen LogP contribution is 2.34. The largest absolute Gasteiger partial charge is 0.431 e. The summed E-state index contributed by atoms with van der Waals surface area (Å²) in [7, 11) is 0. The molecule has 0 aliphatic heterocycles. The summed E-state index contributed by atoms with van der Waals surface area (Å²) in [4.78, 5) is 10.2. The molecule has 0 fully saturated rings. The molecule has 0 aliphatic rings. The second-order valence-electron chi connectivity index (χ2n) is 3.01. The number of para-hydroxylation sites is 1. The molecule has 88 valence electrons. The monoisotopic (exact) mass is 296 g/mol. The Bertz CT molecular complexity index is 396. The van der Waals surface area contributed by atoms with E-state index in [-0.39, 0.29) is 11.3 Å². The molecule has 1 atom stereocenters. The molecule has 0 aliphatic carbocycles. The summed E-state index contributed by atoms with van der Waals surface area (Å²) in [5, 5.41) is 0. The average Bonchev–Trinajstić information content (AvgIpc) is 2.19. The van der Waals surface area contributed by atoms with Crippen LogP contribution in [-0.2, 0) is 4.79 Å². The van der Waals surface area contributed by atoms with Gasteiger partial charge in [0.2, 0.25) is 0 Å². The van der Waals surface area contributed by atoms with E-state index in [1.165, 1.54) is 19.1 Å². The van der Waals surface area contributed by atoms with Gasteiger partial charge in [-0.25, -0.2) is 4.39 Å². The third-order valence-electron chi connectivity index (χ3n) is 1.83. The maximum absolute atomic E-state index is 13.2. The Kier molecular flexibility index (Phi) is 4.35. The van der Waals surface area contributed by atoms with E-state index in [1.54, 1.807) is 0 Å². The zero-order valence-electron chi connectivity index (χ0n) is 8.22. The first-order valence-electron chi connectivity index (χ1n) is 4.31. The number of carbonyl (C=O) groups is 1. The van der Waals surface area contributed by atoms with Gasteiger partial charge in [0.15, 0.2) is 11.6 Å². The SMILES string of the molecule is CC(=O)C(Br)c1cccc(F)c1OC(F)F. The van der Waals surface area contributed by atoms with E-state index in [0.717, 1.165) is 6.07 Å². The van der Waals surface area contributed by atoms with Crippen molar-refractivity contribution in [3.8, 4) is 5.75 Å². The minimum Gasteiger partial charge on any atom is -0.431 e. The number of benzene rings is 1. The van der Waals surface area contributed by atoms with Crippen LogP contribution in [0, 0.1) is 5.82 Å². The summed E-state index contributed by atoms with van der Waals surface area (Å²) in [6.45, 7) is -1.88. The molecular formula is C10H8BrF3O2. The molecule has 2 nitrogen and oxygen atoms in total. The standard InChI is InChI=1S/C10H8BrF3O2/c1-5(15)8(11)6-3-2-4-7(12)9(6)16-10(13)14/h2-4,8,10H,1H3. The molecule has 1 aromatic rings. The smallest absolute Gasteiger partial charge is 0.387 e. The van der Waals surface area contributed by atoms with Crippen molar-refractivity contribution in [3.05, 3.63) is 29.6 Å². The van der Waals surface area contributed by atoms with Gasteiger partial charge in [-0.15, -0.1) is 0 Å². The van der Waals surface area contributed by atoms with Crippen LogP contribution in [0.25, 0.3) is 0 Å². The first kappa shape index (κ1) is 13.0. The molecule has 0 saturated carbocycles. The highest BCUT2D eigenvalue weighted by atomic mass is 79.9. The molecule has 0 spiro atoms. The topological polar surface area (TPSA) is 26.3 Å². The molecule has 0 radical (unpaired) electrons. The Hall–Kier alpha value is -1.04. The molecule has 0 bridgehead atoms. The number of ether oxygens (including phenoxy) is 1. The van der Waals surface area contributed by atoms with Gasteiger partial charge in [0.25, 0.3) is 0 Å². The van der Waals surface area contributed by atoms with Crippen LogP contribution in [0.1, 0.15) is 17.3 Å². The third-order valence-corrected chi connectivity index (χ3v) is 2.97. The number of Topliss-reactive ketones (excluding diaryl/α,β-unsaturated/α-hetero) is 1. The Morgan fingerprint density at radius 2 is 2.06 bits per heavy atom. The molecule has 1 rings (SSSR count). The predicted octanol–water partition coefficient (Wildman–Crippen LogP) is 3.45. The van der Waals surface area contributed by atoms with Crippen LogP contribution in [0.2, 0.25) is 0 Å². The van der Waals surface area contributed by atoms with E-state index in [4.69, 9.17) is 0 Å². The van der Waals surface area contributed by atoms with Crippen LogP contribution in [0.3, 0.4) is 0 Å². The van der Waals surface area contributed by atoms with Crippen molar-refractivity contribution in [2.24, 2.45) is 0 Å². The lowest BCUT2D eigenvalue weighted by atomic mass is 10.1. The minimum absolute atomic E-state index is 0.0489. The fourth-order valence-corrected chi connectivity index (χ4v) is 1.52. The summed E-state index contributed by atoms with van der Waals surface area (Å²) < 4.78 is 41.4. The Balaban J connectivity index is 3.17. The van der Waals surface area contributed by atoms with Crippen LogP contribution in [0.15, 0.2) is 18.2 Å². The lowest BCUT2D eigenvalue weighted by molar-refractivity contribution is -0.116. The van der Waals surface area contributed by atoms with Crippen molar-refractivity contribution in [2.75, 3.05) is 0 Å². The van der Waals surface area contributed by atoms with E-state index in [0.29, 0.717) is 0 Å². The average molecular weight is 297 g/mol. The van der Waals surface area contributed by atoms with Gasteiger partial charge in [-0.2, -0.15) is 8.78 Å². The van der Waals surface area contributed by atoms with E-state index in [2.05, 4.69) is 20.7 Å². The van der Waals surface area contributed by atoms with Crippen LogP contribution in [0.4, 0.5) is 13.2 Å². The van der Waals surface area contributed by atoms with Crippen LogP contribution in [0.5, 0.6) is 5.75 Å². The van der Waals surface area contributed by atoms with Crippen LogP contribution >= 0.6 is 15.9 Å². The molecular weight excluding hydrogens is 289 g/mol. The molecule has 1 aromatic carbocycles. The van der Waals surface area contributed by atoms with E-state index >= 15 is 0 Å². The first-order chi connectivity index (χ1) is 7.43. The highest BCUT2D eigenvalue weighted by Gasteiger charge is 2.22. The summed E-state index contributed by atoms with van der Waals surface area (Å²) in [6.07, 6.45) is 0. The number of halogens is 4. The zero-order chi connectivity index (χ0) is 12.3. The molecule has 0 N–H and O–H groups in total. The Morgan fingerprint density at radius 1 is 1.44 bits per heavy atom. The number of alkyl halides is 3. The van der Waals surface area contributed by atoms with Gasteiger partial charge in [-0.3, -0.25) is 4.79 Å². The number of carbonyl (C=O) groups excluding carboxylic acids is 1. The molecule has 6 heteroatoms. The Labute approximate surface area is 98.5 Å². The van der Waals surface area contributed by atoms with Gasteiger partial charge in [0.1, 0.15) is 10.6 Å². The summed E-state index contributed by atoms with van der Waals surface area (Å²) in [6, 6.07) is 3.66. The highest BCUT2D eigenvalue weighted by molar-refractivity contribution is 9.09. The molecule has 0 amide bonds. The van der Waals surface area contributed by atoms with Crippen molar-refractivity contribution in [3.63, 3.8) is 0 Å². The van der Waals surface area contributed by atoms with Crippen molar-refractivity contribution >= 4 is 21.7 Å². The Morgan fingerprint density at radius 3 is 2.56 bits per heavy atom. The van der Waals surface area contributed by atoms with Crippen molar-refractivity contribution < 1.29 is 22.7 Å². The molecule has 0 saturated heterocycles. The van der Waals surface area contributed by atoms with Crippen molar-refractivity contribution in [2.45, 2.75) is 18.4 Å². The lowest BCUT2D eigenvalue weighted by Gasteiger charge is -2.13. The minimum atomic E-state index is -3.14. The van der Waals surface area contributed by atoms with Crippen molar-refractivity contribution in [1.82, 2.24) is 0 Å². The predicted molar refractivity (Wildman–Crippen MR) is 55.4 cm³/mol. The van der Waals surface area contributed by atoms with Gasteiger partial charge >= 0.3 is 6.61 Å². The quantitative estimate of drug-likeness (QED) is 0.796. The fourth-order valence-electron chi connectivity index (χ4n) is 1.16. The molecule has 0 heterocycles. The maximum atomic E-state index is 13.2. The summed E-state index contributed by atoms with van der Waals surface area (Å²) in [5.74, 6) is -1.86. The first-order valence-corrected chi connectivity index (χ1v) is 5.22. The van der Waals surface area contributed by atoms with Gasteiger partial charge in [0, 0.05) is 5.56 Å². The maximum Gasteiger partial charge on any atom is 0.387 e. The van der Waals surface area contributed by atoms with Crippen molar-refractivity contribution in [1.29, 1.82) is 0 Å². The number of ketones is 1. The van der Waals surface area contributed by atoms with Crippen LogP contribution in [-0.4, -0.2) is 12.4 Å². The van der Waals surface area contributed by atoms with E-state index < -0.39 is 23.0 Å². The lowest BCUT2D eigenvalue weighted by Crippen LogP contribution is -2.09. The van der Waals surface area contributed by atoms with Gasteiger partial charge in [0.05, 0.1) is 0 Å². The molecule has 1 unspecified atom stereocenters. The summed E-state index contributed by atoms with van der Waals surface area (Å²) in [5.41, 5.74) is 0.0489. The third kappa shape index (κ3) is 2.98. The van der Waals surface area contributed by atoms with E-state index in [9.17, 15) is 18.0 Å². The number of hydrogen-bond acceptors (Lipinski definition) is 2. The summed E-state index contributed by atoms with van der Waals surface area (Å²) >= 11 is 2.98.